The Labute approximate surface area is 134 Å². The Morgan fingerprint density at radius 2 is 1.77 bits per heavy atom. The number of rotatable bonds is 3. The molecule has 0 aromatic heterocycles. The van der Waals surface area contributed by atoms with Gasteiger partial charge in [0.05, 0.1) is 0 Å². The lowest BCUT2D eigenvalue weighted by atomic mass is 9.60. The fraction of sp³-hybridized carbons (Fsp3) is 0.450. The van der Waals surface area contributed by atoms with Crippen LogP contribution in [-0.4, -0.2) is 12.3 Å². The van der Waals surface area contributed by atoms with E-state index in [0.717, 1.165) is 12.0 Å². The van der Waals surface area contributed by atoms with Crippen molar-refractivity contribution in [1.29, 1.82) is 0 Å². The second-order valence-corrected chi connectivity index (χ2v) is 7.32. The molecule has 0 amide bonds. The third-order valence-corrected chi connectivity index (χ3v) is 4.82. The van der Waals surface area contributed by atoms with Gasteiger partial charge in [-0.15, -0.1) is 0 Å². The first-order valence-corrected chi connectivity index (χ1v) is 7.93. The number of benzene rings is 1. The van der Waals surface area contributed by atoms with Crippen LogP contribution in [0.15, 0.2) is 42.0 Å². The maximum absolute atomic E-state index is 11.4. The smallest absolute Gasteiger partial charge is 0.159 e. The minimum atomic E-state index is -0.0567. The van der Waals surface area contributed by atoms with E-state index in [1.54, 1.807) is 6.92 Å². The zero-order chi connectivity index (χ0) is 16.5. The van der Waals surface area contributed by atoms with Crippen LogP contribution in [0.5, 0.6) is 0 Å². The van der Waals surface area contributed by atoms with Crippen LogP contribution in [0.3, 0.4) is 0 Å². The van der Waals surface area contributed by atoms with Gasteiger partial charge in [0.25, 0.3) is 0 Å². The van der Waals surface area contributed by atoms with Gasteiger partial charge in [0.15, 0.2) is 5.78 Å². The first kappa shape index (κ1) is 16.7. The van der Waals surface area contributed by atoms with Crippen molar-refractivity contribution in [1.82, 2.24) is 0 Å². The average molecular weight is 297 g/mol. The topological polar surface area (TPSA) is 43.1 Å². The molecular formula is C20H27NO. The van der Waals surface area contributed by atoms with E-state index in [1.165, 1.54) is 16.7 Å². The van der Waals surface area contributed by atoms with Crippen molar-refractivity contribution < 1.29 is 4.79 Å². The molecule has 0 unspecified atom stereocenters. The number of carbonyl (C=O) groups is 1. The Kier molecular flexibility index (Phi) is 4.44. The van der Waals surface area contributed by atoms with Gasteiger partial charge in [-0.1, -0.05) is 69.7 Å². The molecule has 0 saturated carbocycles. The molecule has 1 aliphatic carbocycles. The highest BCUT2D eigenvalue weighted by Gasteiger charge is 2.40. The molecule has 0 heterocycles. The lowest BCUT2D eigenvalue weighted by molar-refractivity contribution is 0.101. The summed E-state index contributed by atoms with van der Waals surface area (Å²) in [5.74, 6) is 0.105. The normalized spacial score (nSPS) is 21.5. The van der Waals surface area contributed by atoms with Crippen molar-refractivity contribution in [3.05, 3.63) is 53.1 Å². The molecule has 1 aromatic carbocycles. The molecule has 0 aliphatic heterocycles. The molecule has 0 bridgehead atoms. The molecule has 2 rings (SSSR count). The van der Waals surface area contributed by atoms with E-state index >= 15 is 0 Å². The van der Waals surface area contributed by atoms with Crippen molar-refractivity contribution >= 4 is 11.4 Å². The second kappa shape index (κ2) is 5.85. The van der Waals surface area contributed by atoms with Gasteiger partial charge in [0, 0.05) is 17.5 Å². The number of hydrogen-bond acceptors (Lipinski definition) is 2. The third-order valence-electron chi connectivity index (χ3n) is 4.82. The zero-order valence-corrected chi connectivity index (χ0v) is 14.4. The van der Waals surface area contributed by atoms with E-state index < -0.39 is 0 Å². The van der Waals surface area contributed by atoms with Crippen LogP contribution in [0.25, 0.3) is 5.57 Å². The number of Topliss-reactive ketones (excluding diaryl/α,β-unsaturated/α-hetero) is 1. The number of hydrogen-bond donors (Lipinski definition) is 1. The first-order chi connectivity index (χ1) is 10.2. The fourth-order valence-electron chi connectivity index (χ4n) is 3.73. The summed E-state index contributed by atoms with van der Waals surface area (Å²) in [4.78, 5) is 11.4. The van der Waals surface area contributed by atoms with E-state index in [0.29, 0.717) is 6.54 Å². The Morgan fingerprint density at radius 1 is 1.18 bits per heavy atom. The third kappa shape index (κ3) is 2.93. The predicted octanol–water partition coefficient (Wildman–Crippen LogP) is 4.61. The van der Waals surface area contributed by atoms with E-state index in [1.807, 2.05) is 12.1 Å². The van der Waals surface area contributed by atoms with Gasteiger partial charge in [-0.05, 0) is 29.9 Å². The van der Waals surface area contributed by atoms with Gasteiger partial charge >= 0.3 is 0 Å². The highest BCUT2D eigenvalue weighted by Crippen LogP contribution is 2.53. The molecule has 2 N–H and O–H groups in total. The monoisotopic (exact) mass is 297 g/mol. The molecule has 22 heavy (non-hydrogen) atoms. The molecule has 2 heteroatoms. The molecular weight excluding hydrogens is 270 g/mol. The summed E-state index contributed by atoms with van der Waals surface area (Å²) in [6, 6.07) is 7.95. The molecule has 0 spiro atoms. The SMILES string of the molecule is CC(=O)c1ccc(C2=CCC(C)(C)/C(=C\CN)C2(C)C)cc1. The largest absolute Gasteiger partial charge is 0.327 e. The van der Waals surface area contributed by atoms with Crippen molar-refractivity contribution in [3.63, 3.8) is 0 Å². The molecule has 1 aromatic rings. The van der Waals surface area contributed by atoms with Crippen LogP contribution in [0.4, 0.5) is 0 Å². The number of nitrogens with two attached hydrogens (primary N) is 1. The van der Waals surface area contributed by atoms with Gasteiger partial charge in [-0.3, -0.25) is 4.79 Å². The second-order valence-electron chi connectivity index (χ2n) is 7.32. The molecule has 0 radical (unpaired) electrons. The predicted molar refractivity (Wildman–Crippen MR) is 93.7 cm³/mol. The lowest BCUT2D eigenvalue weighted by Crippen LogP contribution is -2.32. The first-order valence-electron chi connectivity index (χ1n) is 7.93. The van der Waals surface area contributed by atoms with E-state index in [-0.39, 0.29) is 16.6 Å². The summed E-state index contributed by atoms with van der Waals surface area (Å²) in [7, 11) is 0. The maximum Gasteiger partial charge on any atom is 0.159 e. The highest BCUT2D eigenvalue weighted by atomic mass is 16.1. The summed E-state index contributed by atoms with van der Waals surface area (Å²) < 4.78 is 0. The van der Waals surface area contributed by atoms with E-state index in [4.69, 9.17) is 5.73 Å². The van der Waals surface area contributed by atoms with E-state index in [2.05, 4.69) is 52.0 Å². The van der Waals surface area contributed by atoms with Crippen LogP contribution in [0.2, 0.25) is 0 Å². The number of carbonyl (C=O) groups excluding carboxylic acids is 1. The van der Waals surface area contributed by atoms with Crippen LogP contribution in [-0.2, 0) is 0 Å². The Morgan fingerprint density at radius 3 is 2.27 bits per heavy atom. The lowest BCUT2D eigenvalue weighted by Gasteiger charge is -2.44. The summed E-state index contributed by atoms with van der Waals surface area (Å²) in [6.45, 7) is 11.3. The van der Waals surface area contributed by atoms with Gasteiger partial charge < -0.3 is 5.73 Å². The quantitative estimate of drug-likeness (QED) is 0.653. The molecule has 2 nitrogen and oxygen atoms in total. The summed E-state index contributed by atoms with van der Waals surface area (Å²) in [5, 5.41) is 0. The minimum Gasteiger partial charge on any atom is -0.327 e. The molecule has 0 atom stereocenters. The van der Waals surface area contributed by atoms with E-state index in [9.17, 15) is 4.79 Å². The summed E-state index contributed by atoms with van der Waals surface area (Å²) in [6.07, 6.45) is 5.53. The Bertz CT molecular complexity index is 630. The van der Waals surface area contributed by atoms with Crippen molar-refractivity contribution in [2.75, 3.05) is 6.54 Å². The summed E-state index contributed by atoms with van der Waals surface area (Å²) in [5.41, 5.74) is 10.5. The van der Waals surface area contributed by atoms with Crippen LogP contribution >= 0.6 is 0 Å². The van der Waals surface area contributed by atoms with Gasteiger partial charge in [0.1, 0.15) is 0 Å². The van der Waals surface area contributed by atoms with Gasteiger partial charge in [-0.25, -0.2) is 0 Å². The Balaban J connectivity index is 2.49. The average Bonchev–Trinajstić information content (AvgIpc) is 2.43. The van der Waals surface area contributed by atoms with Crippen LogP contribution in [0, 0.1) is 10.8 Å². The highest BCUT2D eigenvalue weighted by molar-refractivity contribution is 5.94. The number of ketones is 1. The molecule has 0 fully saturated rings. The standard InChI is InChI=1S/C20H27NO/c1-14(22)15-6-8-16(9-7-15)17-10-12-19(2,3)18(11-13-21)20(17,4)5/h6-11H,12-13,21H2,1-5H3/b18-11+. The van der Waals surface area contributed by atoms with Crippen LogP contribution < -0.4 is 5.73 Å². The summed E-state index contributed by atoms with van der Waals surface area (Å²) >= 11 is 0. The van der Waals surface area contributed by atoms with Crippen molar-refractivity contribution in [2.24, 2.45) is 16.6 Å². The van der Waals surface area contributed by atoms with Crippen molar-refractivity contribution in [3.8, 4) is 0 Å². The van der Waals surface area contributed by atoms with Crippen molar-refractivity contribution in [2.45, 2.75) is 41.0 Å². The minimum absolute atomic E-state index is 0.0567. The molecule has 0 saturated heterocycles. The maximum atomic E-state index is 11.4. The fourth-order valence-corrected chi connectivity index (χ4v) is 3.73. The van der Waals surface area contributed by atoms with Gasteiger partial charge in [-0.2, -0.15) is 0 Å². The Hall–Kier alpha value is -1.67. The zero-order valence-electron chi connectivity index (χ0n) is 14.4. The number of allylic oxidation sites excluding steroid dienone is 3. The van der Waals surface area contributed by atoms with Crippen LogP contribution in [0.1, 0.15) is 57.0 Å². The molecule has 1 aliphatic rings. The van der Waals surface area contributed by atoms with Gasteiger partial charge in [0.2, 0.25) is 0 Å². The molecule has 118 valence electrons.